The Balaban J connectivity index is 1.53. The lowest BCUT2D eigenvalue weighted by atomic mass is 10.1. The smallest absolute Gasteiger partial charge is 0.374 e. The van der Waals surface area contributed by atoms with Crippen molar-refractivity contribution < 1.29 is 18.7 Å². The van der Waals surface area contributed by atoms with E-state index in [4.69, 9.17) is 9.15 Å². The van der Waals surface area contributed by atoms with Gasteiger partial charge in [0.1, 0.15) is 5.58 Å². The molecule has 4 rings (SSSR count). The fourth-order valence-corrected chi connectivity index (χ4v) is 3.78. The van der Waals surface area contributed by atoms with Crippen molar-refractivity contribution in [2.45, 2.75) is 13.8 Å². The van der Waals surface area contributed by atoms with Gasteiger partial charge >= 0.3 is 5.97 Å². The van der Waals surface area contributed by atoms with Crippen LogP contribution in [0.5, 0.6) is 0 Å². The Labute approximate surface area is 186 Å². The second-order valence-electron chi connectivity index (χ2n) is 7.07. The van der Waals surface area contributed by atoms with Crippen molar-refractivity contribution in [2.24, 2.45) is 0 Å². The van der Waals surface area contributed by atoms with Gasteiger partial charge in [-0.2, -0.15) is 0 Å². The number of hydrogen-bond donors (Lipinski definition) is 0. The number of carbonyl (C=O) groups excluding carboxylic acids is 2. The number of ketones is 1. The van der Waals surface area contributed by atoms with Gasteiger partial charge in [-0.05, 0) is 56.3 Å². The van der Waals surface area contributed by atoms with Crippen molar-refractivity contribution in [1.29, 1.82) is 0 Å². The molecule has 0 aliphatic carbocycles. The number of esters is 1. The number of halogens is 1. The Morgan fingerprint density at radius 3 is 2.48 bits per heavy atom. The van der Waals surface area contributed by atoms with Gasteiger partial charge < -0.3 is 13.7 Å². The number of ether oxygens (including phenoxy) is 1. The molecule has 6 nitrogen and oxygen atoms in total. The van der Waals surface area contributed by atoms with Crippen LogP contribution in [0.15, 0.2) is 74.3 Å². The first-order valence-corrected chi connectivity index (χ1v) is 10.3. The monoisotopic (exact) mass is 479 g/mol. The second-order valence-corrected chi connectivity index (χ2v) is 7.98. The van der Waals surface area contributed by atoms with Gasteiger partial charge in [0.15, 0.2) is 12.0 Å². The van der Waals surface area contributed by atoms with E-state index in [-0.39, 0.29) is 22.6 Å². The number of nitrogens with zero attached hydrogens (tertiary/aromatic N) is 1. The lowest BCUT2D eigenvalue weighted by molar-refractivity contribution is 0.0444. The number of rotatable bonds is 5. The minimum Gasteiger partial charge on any atom is -0.451 e. The van der Waals surface area contributed by atoms with Crippen LogP contribution in [-0.4, -0.2) is 22.9 Å². The Kier molecular flexibility index (Phi) is 5.61. The van der Waals surface area contributed by atoms with Gasteiger partial charge in [0, 0.05) is 33.2 Å². The van der Waals surface area contributed by atoms with E-state index in [0.717, 1.165) is 27.6 Å². The summed E-state index contributed by atoms with van der Waals surface area (Å²) in [5.74, 6) is -1.44. The van der Waals surface area contributed by atoms with Gasteiger partial charge in [-0.1, -0.05) is 28.1 Å². The highest BCUT2D eigenvalue weighted by Gasteiger charge is 2.20. The molecule has 2 aromatic carbocycles. The minimum atomic E-state index is -0.863. The third kappa shape index (κ3) is 4.09. The molecule has 0 atom stereocenters. The number of hydrogen-bond acceptors (Lipinski definition) is 5. The molecule has 0 saturated carbocycles. The molecule has 2 aromatic heterocycles. The summed E-state index contributed by atoms with van der Waals surface area (Å²) in [5, 5.41) is 0.371. The number of carbonyl (C=O) groups is 2. The summed E-state index contributed by atoms with van der Waals surface area (Å²) >= 11 is 3.42. The maximum absolute atomic E-state index is 12.7. The molecule has 156 valence electrons. The molecular weight excluding hydrogens is 462 g/mol. The number of fused-ring (bicyclic) bond motifs is 1. The average Bonchev–Trinajstić information content (AvgIpc) is 3.06. The van der Waals surface area contributed by atoms with Crippen LogP contribution in [0.25, 0.3) is 16.7 Å². The van der Waals surface area contributed by atoms with Crippen molar-refractivity contribution >= 4 is 38.7 Å². The fourth-order valence-electron chi connectivity index (χ4n) is 3.52. The van der Waals surface area contributed by atoms with Crippen LogP contribution in [0.4, 0.5) is 0 Å². The lowest BCUT2D eigenvalue weighted by Crippen LogP contribution is -2.16. The molecule has 0 aliphatic heterocycles. The van der Waals surface area contributed by atoms with E-state index in [9.17, 15) is 14.4 Å². The number of para-hydroxylation sites is 1. The van der Waals surface area contributed by atoms with E-state index in [1.54, 1.807) is 30.3 Å². The second kappa shape index (κ2) is 8.35. The molecular formula is C24H18BrNO5. The van der Waals surface area contributed by atoms with Gasteiger partial charge in [-0.15, -0.1) is 0 Å². The summed E-state index contributed by atoms with van der Waals surface area (Å²) in [7, 11) is 0. The van der Waals surface area contributed by atoms with Gasteiger partial charge in [0.25, 0.3) is 0 Å². The molecule has 0 unspecified atom stereocenters. The molecule has 0 aliphatic rings. The van der Waals surface area contributed by atoms with Crippen LogP contribution in [0.3, 0.4) is 0 Å². The quantitative estimate of drug-likeness (QED) is 0.297. The number of Topliss-reactive ketones (excluding diaryl/α,β-unsaturated/α-hetero) is 1. The predicted octanol–water partition coefficient (Wildman–Crippen LogP) is 5.00. The van der Waals surface area contributed by atoms with Crippen LogP contribution < -0.4 is 5.43 Å². The summed E-state index contributed by atoms with van der Waals surface area (Å²) in [6, 6.07) is 17.2. The zero-order valence-corrected chi connectivity index (χ0v) is 18.4. The Hall–Kier alpha value is -3.45. The summed E-state index contributed by atoms with van der Waals surface area (Å²) < 4.78 is 13.5. The highest BCUT2D eigenvalue weighted by Crippen LogP contribution is 2.23. The predicted molar refractivity (Wildman–Crippen MR) is 120 cm³/mol. The van der Waals surface area contributed by atoms with Gasteiger partial charge in [-0.25, -0.2) is 4.79 Å². The van der Waals surface area contributed by atoms with E-state index in [2.05, 4.69) is 15.9 Å². The summed E-state index contributed by atoms with van der Waals surface area (Å²) in [6.07, 6.45) is 0. The maximum atomic E-state index is 12.7. The molecule has 0 N–H and O–H groups in total. The molecule has 0 bridgehead atoms. The first-order valence-electron chi connectivity index (χ1n) is 9.53. The third-order valence-corrected chi connectivity index (χ3v) is 5.52. The Morgan fingerprint density at radius 2 is 1.74 bits per heavy atom. The zero-order valence-electron chi connectivity index (χ0n) is 16.8. The number of aromatic nitrogens is 1. The normalized spacial score (nSPS) is 10.9. The first-order chi connectivity index (χ1) is 14.8. The largest absolute Gasteiger partial charge is 0.451 e. The topological polar surface area (TPSA) is 78.5 Å². The maximum Gasteiger partial charge on any atom is 0.374 e. The van der Waals surface area contributed by atoms with E-state index < -0.39 is 12.6 Å². The molecule has 0 amide bonds. The molecule has 7 heteroatoms. The van der Waals surface area contributed by atoms with Crippen LogP contribution in [0.2, 0.25) is 0 Å². The van der Waals surface area contributed by atoms with E-state index in [1.807, 2.05) is 42.7 Å². The summed E-state index contributed by atoms with van der Waals surface area (Å²) in [5.41, 5.74) is 2.96. The van der Waals surface area contributed by atoms with Gasteiger partial charge in [0.05, 0.1) is 5.39 Å². The number of benzene rings is 2. The average molecular weight is 480 g/mol. The molecule has 31 heavy (non-hydrogen) atoms. The van der Waals surface area contributed by atoms with Gasteiger partial charge in [0.2, 0.25) is 11.5 Å². The molecule has 0 spiro atoms. The van der Waals surface area contributed by atoms with Crippen molar-refractivity contribution in [3.05, 3.63) is 98.1 Å². The summed E-state index contributed by atoms with van der Waals surface area (Å²) in [6.45, 7) is 3.29. The molecule has 2 heterocycles. The molecule has 0 radical (unpaired) electrons. The Morgan fingerprint density at radius 1 is 1.03 bits per heavy atom. The lowest BCUT2D eigenvalue weighted by Gasteiger charge is -2.10. The highest BCUT2D eigenvalue weighted by atomic mass is 79.9. The third-order valence-electron chi connectivity index (χ3n) is 4.99. The van der Waals surface area contributed by atoms with Crippen LogP contribution in [-0.2, 0) is 4.74 Å². The fraction of sp³-hybridized carbons (Fsp3) is 0.125. The van der Waals surface area contributed by atoms with Crippen molar-refractivity contribution in [1.82, 2.24) is 4.57 Å². The van der Waals surface area contributed by atoms with Crippen LogP contribution in [0.1, 0.15) is 32.3 Å². The highest BCUT2D eigenvalue weighted by molar-refractivity contribution is 9.10. The standard InChI is InChI=1S/C24H18BrNO5/c1-14-11-19(15(2)26(14)17-9-7-16(25)8-10-17)21(28)13-30-24(29)23-12-20(27)18-5-3-4-6-22(18)31-23/h3-12H,13H2,1-2H3. The van der Waals surface area contributed by atoms with Crippen molar-refractivity contribution in [2.75, 3.05) is 6.61 Å². The van der Waals surface area contributed by atoms with Gasteiger partial charge in [-0.3, -0.25) is 9.59 Å². The van der Waals surface area contributed by atoms with E-state index in [1.165, 1.54) is 0 Å². The SMILES string of the molecule is Cc1cc(C(=O)COC(=O)c2cc(=O)c3ccccc3o2)c(C)n1-c1ccc(Br)cc1. The Bertz CT molecular complexity index is 1370. The van der Waals surface area contributed by atoms with E-state index >= 15 is 0 Å². The minimum absolute atomic E-state index is 0.239. The van der Waals surface area contributed by atoms with Crippen molar-refractivity contribution in [3.63, 3.8) is 0 Å². The molecule has 0 saturated heterocycles. The summed E-state index contributed by atoms with van der Waals surface area (Å²) in [4.78, 5) is 37.3. The number of aryl methyl sites for hydroxylation is 1. The molecule has 0 fully saturated rings. The van der Waals surface area contributed by atoms with E-state index in [0.29, 0.717) is 10.9 Å². The van der Waals surface area contributed by atoms with Crippen LogP contribution >= 0.6 is 15.9 Å². The molecule has 4 aromatic rings. The first kappa shape index (κ1) is 20.8. The van der Waals surface area contributed by atoms with Crippen LogP contribution in [0, 0.1) is 13.8 Å². The zero-order chi connectivity index (χ0) is 22.1. The van der Waals surface area contributed by atoms with Crippen molar-refractivity contribution in [3.8, 4) is 5.69 Å².